The summed E-state index contributed by atoms with van der Waals surface area (Å²) in [6.45, 7) is 11.4. The summed E-state index contributed by atoms with van der Waals surface area (Å²) in [6.07, 6.45) is 8.44. The third-order valence-corrected chi connectivity index (χ3v) is 3.34. The van der Waals surface area contributed by atoms with Gasteiger partial charge in [0.05, 0.1) is 18.8 Å². The molecule has 104 valence electrons. The van der Waals surface area contributed by atoms with E-state index in [0.717, 1.165) is 39.1 Å². The third-order valence-electron chi connectivity index (χ3n) is 3.34. The summed E-state index contributed by atoms with van der Waals surface area (Å²) in [7, 11) is 0. The fourth-order valence-electron chi connectivity index (χ4n) is 2.32. The van der Waals surface area contributed by atoms with Crippen LogP contribution in [-0.4, -0.2) is 49.8 Å². The van der Waals surface area contributed by atoms with Crippen LogP contribution in [0.1, 0.15) is 33.6 Å². The Bertz CT molecular complexity index is 260. The number of hydrogen-bond donors (Lipinski definition) is 1. The van der Waals surface area contributed by atoms with Crippen molar-refractivity contribution in [1.29, 1.82) is 0 Å². The van der Waals surface area contributed by atoms with Crippen LogP contribution in [0.15, 0.2) is 0 Å². The van der Waals surface area contributed by atoms with Crippen LogP contribution in [0.4, 0.5) is 0 Å². The first-order valence-electron chi connectivity index (χ1n) is 7.17. The van der Waals surface area contributed by atoms with E-state index in [0.29, 0.717) is 18.1 Å². The van der Waals surface area contributed by atoms with Gasteiger partial charge >= 0.3 is 0 Å². The molecule has 0 aromatic heterocycles. The van der Waals surface area contributed by atoms with E-state index >= 15 is 0 Å². The normalized spacial score (nSPS) is 23.8. The van der Waals surface area contributed by atoms with Crippen LogP contribution < -0.4 is 5.32 Å². The smallest absolute Gasteiger partial charge is 0.0707 e. The van der Waals surface area contributed by atoms with Gasteiger partial charge in [0, 0.05) is 13.1 Å². The van der Waals surface area contributed by atoms with Gasteiger partial charge in [0.15, 0.2) is 0 Å². The molecule has 2 unspecified atom stereocenters. The van der Waals surface area contributed by atoms with E-state index in [1.165, 1.54) is 6.42 Å². The Balaban J connectivity index is 2.18. The molecular formula is C15H28N2O. The molecule has 1 aliphatic heterocycles. The summed E-state index contributed by atoms with van der Waals surface area (Å²) in [5.74, 6) is 3.41. The SMILES string of the molecule is C#CCN(CC)CC1CCC(CNCC(C)C)O1. The Morgan fingerprint density at radius 3 is 2.72 bits per heavy atom. The Morgan fingerprint density at radius 1 is 1.39 bits per heavy atom. The van der Waals surface area contributed by atoms with Crippen LogP contribution in [0.2, 0.25) is 0 Å². The predicted molar refractivity (Wildman–Crippen MR) is 76.5 cm³/mol. The molecule has 1 rings (SSSR count). The average Bonchev–Trinajstić information content (AvgIpc) is 2.76. The minimum Gasteiger partial charge on any atom is -0.372 e. The van der Waals surface area contributed by atoms with E-state index in [1.807, 2.05) is 0 Å². The molecule has 3 heteroatoms. The van der Waals surface area contributed by atoms with Crippen molar-refractivity contribution in [2.24, 2.45) is 5.92 Å². The number of nitrogens with zero attached hydrogens (tertiary/aromatic N) is 1. The summed E-state index contributed by atoms with van der Waals surface area (Å²) in [6, 6.07) is 0. The molecule has 0 spiro atoms. The molecule has 1 fully saturated rings. The number of likely N-dealkylation sites (N-methyl/N-ethyl adjacent to an activating group) is 1. The molecule has 0 aromatic rings. The second kappa shape index (κ2) is 8.53. The zero-order valence-corrected chi connectivity index (χ0v) is 12.1. The monoisotopic (exact) mass is 252 g/mol. The molecule has 0 amide bonds. The quantitative estimate of drug-likeness (QED) is 0.666. The number of nitrogens with one attached hydrogen (secondary N) is 1. The molecule has 3 nitrogen and oxygen atoms in total. The maximum absolute atomic E-state index is 6.05. The van der Waals surface area contributed by atoms with Gasteiger partial charge in [-0.2, -0.15) is 0 Å². The van der Waals surface area contributed by atoms with Crippen molar-refractivity contribution in [2.75, 3.05) is 32.7 Å². The lowest BCUT2D eigenvalue weighted by atomic mass is 10.1. The second-order valence-electron chi connectivity index (χ2n) is 5.54. The van der Waals surface area contributed by atoms with Crippen molar-refractivity contribution >= 4 is 0 Å². The number of hydrogen-bond acceptors (Lipinski definition) is 3. The maximum atomic E-state index is 6.05. The lowest BCUT2D eigenvalue weighted by molar-refractivity contribution is 0.0264. The van der Waals surface area contributed by atoms with Gasteiger partial charge in [-0.1, -0.05) is 26.7 Å². The summed E-state index contributed by atoms with van der Waals surface area (Å²) < 4.78 is 6.05. The van der Waals surface area contributed by atoms with Gasteiger partial charge in [-0.25, -0.2) is 0 Å². The molecular weight excluding hydrogens is 224 g/mol. The van der Waals surface area contributed by atoms with Crippen molar-refractivity contribution in [1.82, 2.24) is 10.2 Å². The molecule has 0 aliphatic carbocycles. The Morgan fingerprint density at radius 2 is 2.11 bits per heavy atom. The van der Waals surface area contributed by atoms with Crippen LogP contribution in [0.3, 0.4) is 0 Å². The lowest BCUT2D eigenvalue weighted by Crippen LogP contribution is -2.34. The average molecular weight is 252 g/mol. The minimum atomic E-state index is 0.365. The van der Waals surface area contributed by atoms with Gasteiger partial charge in [-0.05, 0) is 31.8 Å². The highest BCUT2D eigenvalue weighted by atomic mass is 16.5. The van der Waals surface area contributed by atoms with Gasteiger partial charge in [0.1, 0.15) is 0 Å². The second-order valence-corrected chi connectivity index (χ2v) is 5.54. The summed E-state index contributed by atoms with van der Waals surface area (Å²) in [4.78, 5) is 2.27. The van der Waals surface area contributed by atoms with Gasteiger partial charge in [-0.15, -0.1) is 6.42 Å². The minimum absolute atomic E-state index is 0.365. The van der Waals surface area contributed by atoms with Crippen LogP contribution >= 0.6 is 0 Å². The Kier molecular flexibility index (Phi) is 7.34. The fraction of sp³-hybridized carbons (Fsp3) is 0.867. The summed E-state index contributed by atoms with van der Waals surface area (Å²) >= 11 is 0. The Hall–Kier alpha value is -0.560. The van der Waals surface area contributed by atoms with E-state index in [-0.39, 0.29) is 0 Å². The molecule has 0 saturated carbocycles. The zero-order chi connectivity index (χ0) is 13.4. The molecule has 1 heterocycles. The van der Waals surface area contributed by atoms with Crippen molar-refractivity contribution in [2.45, 2.75) is 45.8 Å². The largest absolute Gasteiger partial charge is 0.372 e. The van der Waals surface area contributed by atoms with E-state index in [4.69, 9.17) is 11.2 Å². The van der Waals surface area contributed by atoms with E-state index < -0.39 is 0 Å². The fourth-order valence-corrected chi connectivity index (χ4v) is 2.32. The molecule has 0 bridgehead atoms. The highest BCUT2D eigenvalue weighted by Crippen LogP contribution is 2.20. The molecule has 1 saturated heterocycles. The van der Waals surface area contributed by atoms with Crippen molar-refractivity contribution < 1.29 is 4.74 Å². The maximum Gasteiger partial charge on any atom is 0.0707 e. The predicted octanol–water partition coefficient (Wildman–Crippen LogP) is 1.73. The first-order chi connectivity index (χ1) is 8.65. The van der Waals surface area contributed by atoms with Gasteiger partial charge in [0.2, 0.25) is 0 Å². The molecule has 0 radical (unpaired) electrons. The van der Waals surface area contributed by atoms with E-state index in [1.54, 1.807) is 0 Å². The molecule has 2 atom stereocenters. The highest BCUT2D eigenvalue weighted by molar-refractivity contribution is 4.89. The molecule has 1 N–H and O–H groups in total. The molecule has 1 aliphatic rings. The first-order valence-corrected chi connectivity index (χ1v) is 7.17. The third kappa shape index (κ3) is 5.86. The van der Waals surface area contributed by atoms with Gasteiger partial charge in [-0.3, -0.25) is 4.90 Å². The summed E-state index contributed by atoms with van der Waals surface area (Å²) in [5.41, 5.74) is 0. The van der Waals surface area contributed by atoms with Crippen molar-refractivity contribution in [3.8, 4) is 12.3 Å². The Labute approximate surface area is 112 Å². The van der Waals surface area contributed by atoms with Crippen molar-refractivity contribution in [3.05, 3.63) is 0 Å². The number of ether oxygens (including phenoxy) is 1. The van der Waals surface area contributed by atoms with Crippen molar-refractivity contribution in [3.63, 3.8) is 0 Å². The first kappa shape index (κ1) is 15.5. The van der Waals surface area contributed by atoms with Crippen LogP contribution in [0.25, 0.3) is 0 Å². The molecule has 0 aromatic carbocycles. The van der Waals surface area contributed by atoms with Crippen LogP contribution in [0.5, 0.6) is 0 Å². The van der Waals surface area contributed by atoms with Gasteiger partial charge < -0.3 is 10.1 Å². The topological polar surface area (TPSA) is 24.5 Å². The number of terminal acetylenes is 1. The summed E-state index contributed by atoms with van der Waals surface area (Å²) in [5, 5.41) is 3.47. The van der Waals surface area contributed by atoms with Crippen LogP contribution in [-0.2, 0) is 4.74 Å². The highest BCUT2D eigenvalue weighted by Gasteiger charge is 2.26. The number of rotatable bonds is 8. The zero-order valence-electron chi connectivity index (χ0n) is 12.1. The standard InChI is InChI=1S/C15H28N2O/c1-5-9-17(6-2)12-15-8-7-14(18-15)11-16-10-13(3)4/h1,13-16H,6-12H2,2-4H3. The lowest BCUT2D eigenvalue weighted by Gasteiger charge is -2.22. The van der Waals surface area contributed by atoms with E-state index in [2.05, 4.69) is 36.9 Å². The van der Waals surface area contributed by atoms with Gasteiger partial charge in [0.25, 0.3) is 0 Å². The molecule has 18 heavy (non-hydrogen) atoms. The van der Waals surface area contributed by atoms with Crippen LogP contribution in [0, 0.1) is 18.3 Å². The van der Waals surface area contributed by atoms with E-state index in [9.17, 15) is 0 Å².